The van der Waals surface area contributed by atoms with E-state index in [0.717, 1.165) is 35.5 Å². The highest BCUT2D eigenvalue weighted by atomic mass is 32.2. The second-order valence-electron chi connectivity index (χ2n) is 6.86. The summed E-state index contributed by atoms with van der Waals surface area (Å²) in [6, 6.07) is 7.54. The highest BCUT2D eigenvalue weighted by molar-refractivity contribution is 7.98. The summed E-state index contributed by atoms with van der Waals surface area (Å²) >= 11 is 1.51. The van der Waals surface area contributed by atoms with Gasteiger partial charge in [0.05, 0.1) is 31.3 Å². The number of amides is 1. The average molecular weight is 413 g/mol. The standard InChI is InChI=1S/C20H24N6O2S/c1-14-3-5-15(6-4-14)19(27)21-7-8-26-18-16(13-22-26)17(23-20(24-18)29-2)25-9-11-28-12-10-25/h3-6,13H,7-12H2,1-2H3,(H,21,27). The number of thioether (sulfide) groups is 1. The van der Waals surface area contributed by atoms with Gasteiger partial charge in [-0.25, -0.2) is 14.6 Å². The fourth-order valence-corrected chi connectivity index (χ4v) is 3.63. The second kappa shape index (κ2) is 8.79. The molecule has 1 fully saturated rings. The van der Waals surface area contributed by atoms with Crippen LogP contribution in [0.4, 0.5) is 5.82 Å². The molecule has 0 radical (unpaired) electrons. The molecule has 3 aromatic rings. The SMILES string of the molecule is CSc1nc(N2CCOCC2)c2cnn(CCNC(=O)c3ccc(C)cc3)c2n1. The van der Waals surface area contributed by atoms with E-state index in [9.17, 15) is 4.79 Å². The number of ether oxygens (including phenoxy) is 1. The number of anilines is 1. The van der Waals surface area contributed by atoms with Crippen LogP contribution < -0.4 is 10.2 Å². The normalized spacial score (nSPS) is 14.3. The summed E-state index contributed by atoms with van der Waals surface area (Å²) in [5, 5.41) is 9.09. The third-order valence-electron chi connectivity index (χ3n) is 4.87. The first-order valence-electron chi connectivity index (χ1n) is 9.61. The van der Waals surface area contributed by atoms with Gasteiger partial charge in [-0.2, -0.15) is 5.10 Å². The molecule has 9 heteroatoms. The van der Waals surface area contributed by atoms with E-state index < -0.39 is 0 Å². The number of hydrogen-bond acceptors (Lipinski definition) is 7. The molecule has 2 aromatic heterocycles. The van der Waals surface area contributed by atoms with Gasteiger partial charge >= 0.3 is 0 Å². The van der Waals surface area contributed by atoms with Crippen molar-refractivity contribution in [1.29, 1.82) is 0 Å². The molecule has 29 heavy (non-hydrogen) atoms. The molecule has 4 rings (SSSR count). The van der Waals surface area contributed by atoms with Crippen molar-refractivity contribution in [3.8, 4) is 0 Å². The molecule has 1 N–H and O–H groups in total. The maximum absolute atomic E-state index is 12.3. The lowest BCUT2D eigenvalue weighted by molar-refractivity contribution is 0.0952. The fourth-order valence-electron chi connectivity index (χ4n) is 3.27. The molecule has 0 aliphatic carbocycles. The van der Waals surface area contributed by atoms with Crippen molar-refractivity contribution in [1.82, 2.24) is 25.1 Å². The number of nitrogens with zero attached hydrogens (tertiary/aromatic N) is 5. The van der Waals surface area contributed by atoms with E-state index in [1.165, 1.54) is 11.8 Å². The number of benzene rings is 1. The Labute approximate surface area is 173 Å². The van der Waals surface area contributed by atoms with Gasteiger partial charge in [0.25, 0.3) is 5.91 Å². The van der Waals surface area contributed by atoms with E-state index in [0.29, 0.717) is 37.0 Å². The van der Waals surface area contributed by atoms with Crippen LogP contribution in [0.2, 0.25) is 0 Å². The minimum atomic E-state index is -0.0881. The van der Waals surface area contributed by atoms with Gasteiger partial charge in [-0.15, -0.1) is 0 Å². The van der Waals surface area contributed by atoms with Gasteiger partial charge in [0.2, 0.25) is 0 Å². The molecule has 3 heterocycles. The van der Waals surface area contributed by atoms with E-state index in [2.05, 4.69) is 20.3 Å². The Balaban J connectivity index is 1.50. The van der Waals surface area contributed by atoms with E-state index in [4.69, 9.17) is 9.72 Å². The van der Waals surface area contributed by atoms with E-state index in [-0.39, 0.29) is 5.91 Å². The Bertz CT molecular complexity index is 998. The molecule has 1 aliphatic rings. The summed E-state index contributed by atoms with van der Waals surface area (Å²) in [4.78, 5) is 23.9. The van der Waals surface area contributed by atoms with Crippen LogP contribution in [0.3, 0.4) is 0 Å². The summed E-state index contributed by atoms with van der Waals surface area (Å²) < 4.78 is 7.29. The number of fused-ring (bicyclic) bond motifs is 1. The first kappa shape index (κ1) is 19.7. The number of carbonyl (C=O) groups excluding carboxylic acids is 1. The summed E-state index contributed by atoms with van der Waals surface area (Å²) in [7, 11) is 0. The Kier molecular flexibility index (Phi) is 5.96. The Morgan fingerprint density at radius 3 is 2.69 bits per heavy atom. The maximum atomic E-state index is 12.3. The predicted molar refractivity (Wildman–Crippen MR) is 114 cm³/mol. The molecule has 0 bridgehead atoms. The Morgan fingerprint density at radius 1 is 1.21 bits per heavy atom. The monoisotopic (exact) mass is 412 g/mol. The first-order chi connectivity index (χ1) is 14.2. The molecule has 152 valence electrons. The van der Waals surface area contributed by atoms with Gasteiger partial charge in [0.15, 0.2) is 10.8 Å². The molecule has 1 aliphatic heterocycles. The van der Waals surface area contributed by atoms with Crippen LogP contribution in [-0.2, 0) is 11.3 Å². The van der Waals surface area contributed by atoms with Crippen molar-refractivity contribution >= 4 is 34.5 Å². The van der Waals surface area contributed by atoms with Gasteiger partial charge in [-0.05, 0) is 25.3 Å². The third-order valence-corrected chi connectivity index (χ3v) is 5.42. The van der Waals surface area contributed by atoms with Crippen LogP contribution in [0.25, 0.3) is 11.0 Å². The summed E-state index contributed by atoms with van der Waals surface area (Å²) in [6.45, 7) is 6.00. The lowest BCUT2D eigenvalue weighted by Crippen LogP contribution is -2.37. The summed E-state index contributed by atoms with van der Waals surface area (Å²) in [5.41, 5.74) is 2.57. The van der Waals surface area contributed by atoms with E-state index in [1.807, 2.05) is 48.3 Å². The highest BCUT2D eigenvalue weighted by Gasteiger charge is 2.20. The minimum Gasteiger partial charge on any atom is -0.378 e. The van der Waals surface area contributed by atoms with E-state index >= 15 is 0 Å². The van der Waals surface area contributed by atoms with Crippen molar-refractivity contribution in [3.63, 3.8) is 0 Å². The second-order valence-corrected chi connectivity index (χ2v) is 7.63. The molecule has 1 saturated heterocycles. The van der Waals surface area contributed by atoms with Crippen molar-refractivity contribution in [2.24, 2.45) is 0 Å². The lowest BCUT2D eigenvalue weighted by Gasteiger charge is -2.28. The average Bonchev–Trinajstić information content (AvgIpc) is 3.17. The maximum Gasteiger partial charge on any atom is 0.251 e. The van der Waals surface area contributed by atoms with Gasteiger partial charge < -0.3 is 15.0 Å². The Hall–Kier alpha value is -2.65. The molecule has 8 nitrogen and oxygen atoms in total. The summed E-state index contributed by atoms with van der Waals surface area (Å²) in [6.07, 6.45) is 3.78. The number of nitrogens with one attached hydrogen (secondary N) is 1. The van der Waals surface area contributed by atoms with Crippen molar-refractivity contribution in [2.75, 3.05) is 44.0 Å². The molecular formula is C20H24N6O2S. The van der Waals surface area contributed by atoms with Crippen molar-refractivity contribution in [2.45, 2.75) is 18.6 Å². The molecule has 0 atom stereocenters. The molecule has 0 saturated carbocycles. The summed E-state index contributed by atoms with van der Waals surface area (Å²) in [5.74, 6) is 0.812. The molecule has 1 amide bonds. The van der Waals surface area contributed by atoms with Gasteiger partial charge in [0.1, 0.15) is 5.82 Å². The number of aromatic nitrogens is 4. The van der Waals surface area contributed by atoms with Crippen LogP contribution >= 0.6 is 11.8 Å². The highest BCUT2D eigenvalue weighted by Crippen LogP contribution is 2.27. The quantitative estimate of drug-likeness (QED) is 0.490. The van der Waals surface area contributed by atoms with Gasteiger partial charge in [-0.1, -0.05) is 29.5 Å². The molecule has 0 spiro atoms. The van der Waals surface area contributed by atoms with Crippen molar-refractivity contribution < 1.29 is 9.53 Å². The number of aryl methyl sites for hydroxylation is 1. The zero-order valence-electron chi connectivity index (χ0n) is 16.6. The smallest absolute Gasteiger partial charge is 0.251 e. The third kappa shape index (κ3) is 4.35. The fraction of sp³-hybridized carbons (Fsp3) is 0.400. The van der Waals surface area contributed by atoms with Crippen LogP contribution in [0, 0.1) is 6.92 Å². The van der Waals surface area contributed by atoms with Gasteiger partial charge in [-0.3, -0.25) is 4.79 Å². The topological polar surface area (TPSA) is 85.2 Å². The zero-order valence-corrected chi connectivity index (χ0v) is 17.4. The zero-order chi connectivity index (χ0) is 20.2. The van der Waals surface area contributed by atoms with Crippen LogP contribution in [0.5, 0.6) is 0 Å². The molecular weight excluding hydrogens is 388 g/mol. The number of morpholine rings is 1. The Morgan fingerprint density at radius 2 is 1.97 bits per heavy atom. The largest absolute Gasteiger partial charge is 0.378 e. The lowest BCUT2D eigenvalue weighted by atomic mass is 10.1. The van der Waals surface area contributed by atoms with Gasteiger partial charge in [0, 0.05) is 25.2 Å². The molecule has 1 aromatic carbocycles. The van der Waals surface area contributed by atoms with Crippen LogP contribution in [0.15, 0.2) is 35.6 Å². The van der Waals surface area contributed by atoms with E-state index in [1.54, 1.807) is 0 Å². The van der Waals surface area contributed by atoms with Crippen LogP contribution in [-0.4, -0.2) is 64.8 Å². The molecule has 0 unspecified atom stereocenters. The minimum absolute atomic E-state index is 0.0881. The first-order valence-corrected chi connectivity index (χ1v) is 10.8. The van der Waals surface area contributed by atoms with Crippen molar-refractivity contribution in [3.05, 3.63) is 41.6 Å². The number of carbonyl (C=O) groups is 1. The number of hydrogen-bond donors (Lipinski definition) is 1. The number of rotatable bonds is 6. The van der Waals surface area contributed by atoms with Crippen LogP contribution in [0.1, 0.15) is 15.9 Å². The predicted octanol–water partition coefficient (Wildman–Crippen LogP) is 2.12.